The lowest BCUT2D eigenvalue weighted by molar-refractivity contribution is 0.414. The number of allylic oxidation sites excluding steroid dienone is 4. The number of nitrogens with one attached hydrogen (secondary N) is 1. The normalized spacial score (nSPS) is 14.2. The van der Waals surface area contributed by atoms with Gasteiger partial charge in [0.15, 0.2) is 0 Å². The van der Waals surface area contributed by atoms with Crippen molar-refractivity contribution >= 4 is 39.9 Å². The quantitative estimate of drug-likeness (QED) is 0.318. The van der Waals surface area contributed by atoms with E-state index in [0.29, 0.717) is 21.8 Å². The van der Waals surface area contributed by atoms with Crippen LogP contribution in [0.3, 0.4) is 0 Å². The summed E-state index contributed by atoms with van der Waals surface area (Å²) >= 11 is 0. The molecule has 0 spiro atoms. The summed E-state index contributed by atoms with van der Waals surface area (Å²) in [5.41, 5.74) is 3.03. The Hall–Kier alpha value is -3.32. The average Bonchev–Trinajstić information content (AvgIpc) is 2.68. The summed E-state index contributed by atoms with van der Waals surface area (Å²) in [7, 11) is 3.27. The van der Waals surface area contributed by atoms with Gasteiger partial charge >= 0.3 is 0 Å². The Balaban J connectivity index is 1.99. The van der Waals surface area contributed by atoms with Crippen LogP contribution >= 0.6 is 0 Å². The minimum Gasteiger partial charge on any atom is -0.513 e. The highest BCUT2D eigenvalue weighted by Crippen LogP contribution is 2.29. The molecule has 1 aromatic heterocycles. The maximum atomic E-state index is 13.1. The number of anilines is 1. The van der Waals surface area contributed by atoms with Crippen molar-refractivity contribution in [1.82, 2.24) is 4.98 Å². The van der Waals surface area contributed by atoms with Crippen molar-refractivity contribution in [2.45, 2.75) is 11.8 Å². The molecule has 5 nitrogen and oxygen atoms in total. The lowest BCUT2D eigenvalue weighted by Gasteiger charge is -2.11. The van der Waals surface area contributed by atoms with Crippen molar-refractivity contribution < 1.29 is 9.32 Å². The summed E-state index contributed by atoms with van der Waals surface area (Å²) in [6, 6.07) is 16.5. The number of fused-ring (bicyclic) bond motifs is 1. The lowest BCUT2D eigenvalue weighted by atomic mass is 9.94. The second kappa shape index (κ2) is 9.01. The van der Waals surface area contributed by atoms with E-state index in [4.69, 9.17) is 7.85 Å². The molecule has 7 heteroatoms. The number of aromatic nitrogens is 1. The monoisotopic (exact) mass is 415 g/mol. The van der Waals surface area contributed by atoms with Gasteiger partial charge in [0, 0.05) is 34.1 Å². The van der Waals surface area contributed by atoms with E-state index in [2.05, 4.69) is 21.2 Å². The van der Waals surface area contributed by atoms with E-state index >= 15 is 0 Å². The van der Waals surface area contributed by atoms with Gasteiger partial charge in [-0.2, -0.15) is 4.36 Å². The molecule has 0 saturated carbocycles. The molecule has 2 aromatic carbocycles. The van der Waals surface area contributed by atoms with E-state index in [-0.39, 0.29) is 5.76 Å². The largest absolute Gasteiger partial charge is 0.513 e. The molecular formula is C23H22BN3O2S. The predicted octanol–water partition coefficient (Wildman–Crippen LogP) is 5.46. The summed E-state index contributed by atoms with van der Waals surface area (Å²) in [6.07, 6.45) is 6.37. The third-order valence-corrected chi connectivity index (χ3v) is 5.90. The van der Waals surface area contributed by atoms with Gasteiger partial charge in [0.1, 0.15) is 7.85 Å². The minimum atomic E-state index is -2.58. The maximum Gasteiger partial charge on any atom is 0.114 e. The molecule has 0 amide bonds. The molecule has 1 atom stereocenters. The SMILES string of the molecule is [B]C(=C/C(=C)Nc1ccnc2ccc(N=[S@](C)(=O)c3ccccc3)cc12)/C=C(\C)O. The molecule has 0 aliphatic carbocycles. The van der Waals surface area contributed by atoms with Gasteiger partial charge in [-0.15, -0.1) is 0 Å². The number of aliphatic hydroxyl groups is 1. The molecule has 1 heterocycles. The molecule has 30 heavy (non-hydrogen) atoms. The molecule has 0 bridgehead atoms. The zero-order valence-corrected chi connectivity index (χ0v) is 17.7. The topological polar surface area (TPSA) is 74.6 Å². The van der Waals surface area contributed by atoms with Crippen molar-refractivity contribution in [1.29, 1.82) is 0 Å². The van der Waals surface area contributed by atoms with E-state index in [1.54, 1.807) is 31.5 Å². The fourth-order valence-corrected chi connectivity index (χ4v) is 4.20. The van der Waals surface area contributed by atoms with E-state index in [1.165, 1.54) is 6.08 Å². The molecule has 2 radical (unpaired) electrons. The minimum absolute atomic E-state index is 0.110. The first-order chi connectivity index (χ1) is 14.2. The van der Waals surface area contributed by atoms with Crippen LogP contribution in [-0.2, 0) is 9.73 Å². The highest BCUT2D eigenvalue weighted by atomic mass is 32.2. The Morgan fingerprint density at radius 1 is 1.20 bits per heavy atom. The molecule has 150 valence electrons. The average molecular weight is 415 g/mol. The van der Waals surface area contributed by atoms with Crippen LogP contribution in [0.5, 0.6) is 0 Å². The van der Waals surface area contributed by atoms with Gasteiger partial charge in [-0.3, -0.25) is 4.98 Å². The fraction of sp³-hybridized carbons (Fsp3) is 0.0870. The second-order valence-corrected chi connectivity index (χ2v) is 9.11. The van der Waals surface area contributed by atoms with E-state index < -0.39 is 9.73 Å². The van der Waals surface area contributed by atoms with Crippen LogP contribution in [0.1, 0.15) is 6.92 Å². The van der Waals surface area contributed by atoms with Crippen LogP contribution in [0.4, 0.5) is 11.4 Å². The second-order valence-electron chi connectivity index (χ2n) is 6.85. The van der Waals surface area contributed by atoms with Crippen molar-refractivity contribution in [3.05, 3.63) is 96.5 Å². The first-order valence-electron chi connectivity index (χ1n) is 9.21. The summed E-state index contributed by atoms with van der Waals surface area (Å²) < 4.78 is 17.6. The zero-order chi connectivity index (χ0) is 21.7. The Labute approximate surface area is 178 Å². The predicted molar refractivity (Wildman–Crippen MR) is 126 cm³/mol. The molecular weight excluding hydrogens is 393 g/mol. The number of aliphatic hydroxyl groups excluding tert-OH is 1. The van der Waals surface area contributed by atoms with Gasteiger partial charge in [0.25, 0.3) is 0 Å². The lowest BCUT2D eigenvalue weighted by Crippen LogP contribution is -1.98. The van der Waals surface area contributed by atoms with Crippen LogP contribution in [-0.4, -0.2) is 28.4 Å². The van der Waals surface area contributed by atoms with Crippen molar-refractivity contribution in [3.8, 4) is 0 Å². The Bertz CT molecular complexity index is 1270. The van der Waals surface area contributed by atoms with Crippen LogP contribution in [0.15, 0.2) is 106 Å². The van der Waals surface area contributed by atoms with E-state index in [1.807, 2.05) is 48.5 Å². The summed E-state index contributed by atoms with van der Waals surface area (Å²) in [4.78, 5) is 5.06. The Morgan fingerprint density at radius 2 is 1.93 bits per heavy atom. The van der Waals surface area contributed by atoms with Crippen molar-refractivity contribution in [2.24, 2.45) is 4.36 Å². The summed E-state index contributed by atoms with van der Waals surface area (Å²) in [5, 5.41) is 13.3. The van der Waals surface area contributed by atoms with Gasteiger partial charge in [-0.25, -0.2) is 4.21 Å². The first kappa shape index (κ1) is 21.4. The number of pyridine rings is 1. The fourth-order valence-electron chi connectivity index (χ4n) is 2.92. The van der Waals surface area contributed by atoms with Gasteiger partial charge in [-0.1, -0.05) is 30.3 Å². The first-order valence-corrected chi connectivity index (χ1v) is 11.1. The molecule has 3 aromatic rings. The van der Waals surface area contributed by atoms with Gasteiger partial charge in [-0.05, 0) is 55.5 Å². The standard InChI is InChI=1S/C23H22BN3O2S/c1-16(13-18(24)14-17(2)28)26-23-11-12-25-22-10-9-19(15-21(22)23)27-30(3,29)20-7-5-4-6-8-20/h4-15,28H,1H2,2-3H3,(H,25,26)/b17-14+,18-13+/t30-/m1/s1. The molecule has 3 rings (SSSR count). The number of benzene rings is 2. The smallest absolute Gasteiger partial charge is 0.114 e. The van der Waals surface area contributed by atoms with Gasteiger partial charge < -0.3 is 10.4 Å². The van der Waals surface area contributed by atoms with Crippen molar-refractivity contribution in [3.63, 3.8) is 0 Å². The third-order valence-electron chi connectivity index (χ3n) is 4.20. The molecule has 2 N–H and O–H groups in total. The van der Waals surface area contributed by atoms with Gasteiger partial charge in [0.2, 0.25) is 0 Å². The zero-order valence-electron chi connectivity index (χ0n) is 16.9. The van der Waals surface area contributed by atoms with Crippen LogP contribution in [0.2, 0.25) is 0 Å². The molecule has 0 aliphatic rings. The highest BCUT2D eigenvalue weighted by Gasteiger charge is 2.08. The Morgan fingerprint density at radius 3 is 2.63 bits per heavy atom. The number of nitrogens with zero attached hydrogens (tertiary/aromatic N) is 2. The van der Waals surface area contributed by atoms with Gasteiger partial charge in [0.05, 0.1) is 26.7 Å². The Kier molecular flexibility index (Phi) is 6.42. The molecule has 0 aliphatic heterocycles. The third kappa shape index (κ3) is 5.39. The molecule has 0 unspecified atom stereocenters. The maximum absolute atomic E-state index is 13.1. The number of rotatable bonds is 6. The number of hydrogen-bond acceptors (Lipinski definition) is 5. The van der Waals surface area contributed by atoms with E-state index in [0.717, 1.165) is 16.6 Å². The summed E-state index contributed by atoms with van der Waals surface area (Å²) in [6.45, 7) is 5.50. The van der Waals surface area contributed by atoms with Crippen molar-refractivity contribution in [2.75, 3.05) is 11.6 Å². The van der Waals surface area contributed by atoms with Crippen LogP contribution in [0, 0.1) is 0 Å². The molecule has 0 saturated heterocycles. The van der Waals surface area contributed by atoms with Crippen LogP contribution < -0.4 is 5.32 Å². The van der Waals surface area contributed by atoms with Crippen LogP contribution in [0.25, 0.3) is 10.9 Å². The number of hydrogen-bond donors (Lipinski definition) is 2. The molecule has 0 fully saturated rings. The summed E-state index contributed by atoms with van der Waals surface area (Å²) in [5.74, 6) is 0.110. The van der Waals surface area contributed by atoms with E-state index in [9.17, 15) is 9.32 Å². The highest BCUT2D eigenvalue weighted by molar-refractivity contribution is 7.93.